The Morgan fingerprint density at radius 3 is 2.83 bits per heavy atom. The van der Waals surface area contributed by atoms with Crippen LogP contribution < -0.4 is 10.5 Å². The van der Waals surface area contributed by atoms with E-state index in [0.717, 1.165) is 11.3 Å². The van der Waals surface area contributed by atoms with Crippen molar-refractivity contribution in [2.45, 2.75) is 31.5 Å². The SMILES string of the molecule is CN(CC(O)COc1ccccc1CN)C1CC1. The van der Waals surface area contributed by atoms with Crippen LogP contribution in [0, 0.1) is 0 Å². The molecule has 1 aliphatic carbocycles. The lowest BCUT2D eigenvalue weighted by Crippen LogP contribution is -2.34. The summed E-state index contributed by atoms with van der Waals surface area (Å²) in [5.41, 5.74) is 6.61. The number of rotatable bonds is 7. The van der Waals surface area contributed by atoms with Gasteiger partial charge >= 0.3 is 0 Å². The molecular weight excluding hydrogens is 228 g/mol. The zero-order valence-electron chi connectivity index (χ0n) is 10.9. The number of aliphatic hydroxyl groups is 1. The van der Waals surface area contributed by atoms with Crippen molar-refractivity contribution in [3.8, 4) is 5.75 Å². The number of nitrogens with two attached hydrogens (primary N) is 1. The third-order valence-electron chi connectivity index (χ3n) is 3.29. The molecule has 100 valence electrons. The van der Waals surface area contributed by atoms with Crippen LogP contribution in [-0.2, 0) is 6.54 Å². The quantitative estimate of drug-likeness (QED) is 0.757. The minimum atomic E-state index is -0.457. The molecule has 0 saturated heterocycles. The van der Waals surface area contributed by atoms with Crippen molar-refractivity contribution in [3.63, 3.8) is 0 Å². The van der Waals surface area contributed by atoms with Gasteiger partial charge in [-0.25, -0.2) is 0 Å². The summed E-state index contributed by atoms with van der Waals surface area (Å²) in [6, 6.07) is 8.34. The first-order valence-electron chi connectivity index (χ1n) is 6.49. The van der Waals surface area contributed by atoms with Crippen LogP contribution in [0.15, 0.2) is 24.3 Å². The molecule has 1 aromatic carbocycles. The van der Waals surface area contributed by atoms with E-state index in [1.54, 1.807) is 0 Å². The second kappa shape index (κ2) is 6.18. The van der Waals surface area contributed by atoms with Crippen LogP contribution in [-0.4, -0.2) is 42.4 Å². The van der Waals surface area contributed by atoms with E-state index in [1.807, 2.05) is 24.3 Å². The van der Waals surface area contributed by atoms with Gasteiger partial charge in [0.25, 0.3) is 0 Å². The molecule has 4 heteroatoms. The zero-order valence-corrected chi connectivity index (χ0v) is 10.9. The minimum absolute atomic E-state index is 0.314. The summed E-state index contributed by atoms with van der Waals surface area (Å²) in [6.07, 6.45) is 2.04. The third kappa shape index (κ3) is 3.70. The summed E-state index contributed by atoms with van der Waals surface area (Å²) in [4.78, 5) is 2.20. The molecule has 3 N–H and O–H groups in total. The first-order chi connectivity index (χ1) is 8.70. The predicted octanol–water partition coefficient (Wildman–Crippen LogP) is 0.979. The summed E-state index contributed by atoms with van der Waals surface area (Å²) < 4.78 is 5.63. The fourth-order valence-corrected chi connectivity index (χ4v) is 2.05. The maximum Gasteiger partial charge on any atom is 0.123 e. The van der Waals surface area contributed by atoms with Crippen LogP contribution >= 0.6 is 0 Å². The van der Waals surface area contributed by atoms with Crippen LogP contribution in [0.1, 0.15) is 18.4 Å². The van der Waals surface area contributed by atoms with Crippen LogP contribution in [0.4, 0.5) is 0 Å². The number of hydrogen-bond acceptors (Lipinski definition) is 4. The van der Waals surface area contributed by atoms with Gasteiger partial charge in [-0.3, -0.25) is 0 Å². The van der Waals surface area contributed by atoms with E-state index in [2.05, 4.69) is 11.9 Å². The van der Waals surface area contributed by atoms with Gasteiger partial charge < -0.3 is 20.5 Å². The van der Waals surface area contributed by atoms with Gasteiger partial charge in [0.05, 0.1) is 0 Å². The van der Waals surface area contributed by atoms with Crippen molar-refractivity contribution in [3.05, 3.63) is 29.8 Å². The van der Waals surface area contributed by atoms with Crippen molar-refractivity contribution in [1.82, 2.24) is 4.90 Å². The highest BCUT2D eigenvalue weighted by atomic mass is 16.5. The van der Waals surface area contributed by atoms with Gasteiger partial charge in [-0.1, -0.05) is 18.2 Å². The molecule has 0 aromatic heterocycles. The van der Waals surface area contributed by atoms with E-state index in [1.165, 1.54) is 12.8 Å². The Hall–Kier alpha value is -1.10. The minimum Gasteiger partial charge on any atom is -0.491 e. The highest BCUT2D eigenvalue weighted by molar-refractivity contribution is 5.32. The Bertz CT molecular complexity index is 380. The normalized spacial score (nSPS) is 16.9. The molecule has 1 unspecified atom stereocenters. The fraction of sp³-hybridized carbons (Fsp3) is 0.571. The maximum atomic E-state index is 9.92. The maximum absolute atomic E-state index is 9.92. The number of likely N-dealkylation sites (N-methyl/N-ethyl adjacent to an activating group) is 1. The Balaban J connectivity index is 1.79. The highest BCUT2D eigenvalue weighted by Crippen LogP contribution is 2.25. The van der Waals surface area contributed by atoms with Gasteiger partial charge in [0.2, 0.25) is 0 Å². The molecule has 0 aliphatic heterocycles. The van der Waals surface area contributed by atoms with E-state index < -0.39 is 6.10 Å². The van der Waals surface area contributed by atoms with E-state index in [-0.39, 0.29) is 0 Å². The molecule has 2 rings (SSSR count). The average molecular weight is 250 g/mol. The summed E-state index contributed by atoms with van der Waals surface area (Å²) in [5, 5.41) is 9.92. The summed E-state index contributed by atoms with van der Waals surface area (Å²) in [5.74, 6) is 0.771. The van der Waals surface area contributed by atoms with Crippen molar-refractivity contribution >= 4 is 0 Å². The average Bonchev–Trinajstić information content (AvgIpc) is 3.21. The summed E-state index contributed by atoms with van der Waals surface area (Å²) in [6.45, 7) is 1.43. The number of aliphatic hydroxyl groups excluding tert-OH is 1. The van der Waals surface area contributed by atoms with Crippen molar-refractivity contribution < 1.29 is 9.84 Å². The number of hydrogen-bond donors (Lipinski definition) is 2. The lowest BCUT2D eigenvalue weighted by molar-refractivity contribution is 0.0738. The monoisotopic (exact) mass is 250 g/mol. The molecule has 0 radical (unpaired) electrons. The van der Waals surface area contributed by atoms with Crippen LogP contribution in [0.5, 0.6) is 5.75 Å². The second-order valence-electron chi connectivity index (χ2n) is 4.95. The van der Waals surface area contributed by atoms with Crippen LogP contribution in [0.25, 0.3) is 0 Å². The predicted molar refractivity (Wildman–Crippen MR) is 71.5 cm³/mol. The van der Waals surface area contributed by atoms with Gasteiger partial charge in [0.1, 0.15) is 18.5 Å². The molecule has 1 fully saturated rings. The lowest BCUT2D eigenvalue weighted by Gasteiger charge is -2.20. The molecule has 1 atom stereocenters. The third-order valence-corrected chi connectivity index (χ3v) is 3.29. The Morgan fingerprint density at radius 2 is 2.17 bits per heavy atom. The number of nitrogens with zero attached hydrogens (tertiary/aromatic N) is 1. The lowest BCUT2D eigenvalue weighted by atomic mass is 10.2. The van der Waals surface area contributed by atoms with Gasteiger partial charge in [-0.05, 0) is 26.0 Å². The largest absolute Gasteiger partial charge is 0.491 e. The fourth-order valence-electron chi connectivity index (χ4n) is 2.05. The van der Waals surface area contributed by atoms with Gasteiger partial charge in [-0.15, -0.1) is 0 Å². The standard InChI is InChI=1S/C14H22N2O2/c1-16(12-6-7-12)9-13(17)10-18-14-5-3-2-4-11(14)8-15/h2-5,12-13,17H,6-10,15H2,1H3. The van der Waals surface area contributed by atoms with Crippen molar-refractivity contribution in [2.24, 2.45) is 5.73 Å². The molecule has 0 spiro atoms. The Labute approximate surface area is 108 Å². The molecule has 18 heavy (non-hydrogen) atoms. The molecule has 0 amide bonds. The van der Waals surface area contributed by atoms with E-state index >= 15 is 0 Å². The Morgan fingerprint density at radius 1 is 1.44 bits per heavy atom. The van der Waals surface area contributed by atoms with Crippen LogP contribution in [0.2, 0.25) is 0 Å². The highest BCUT2D eigenvalue weighted by Gasteiger charge is 2.27. The summed E-state index contributed by atoms with van der Waals surface area (Å²) >= 11 is 0. The second-order valence-corrected chi connectivity index (χ2v) is 4.95. The van der Waals surface area contributed by atoms with Crippen molar-refractivity contribution in [2.75, 3.05) is 20.2 Å². The van der Waals surface area contributed by atoms with Crippen LogP contribution in [0.3, 0.4) is 0 Å². The molecule has 1 aliphatic rings. The van der Waals surface area contributed by atoms with Gasteiger partial charge in [-0.2, -0.15) is 0 Å². The van der Waals surface area contributed by atoms with E-state index in [9.17, 15) is 5.11 Å². The topological polar surface area (TPSA) is 58.7 Å². The van der Waals surface area contributed by atoms with E-state index in [0.29, 0.717) is 25.7 Å². The first kappa shape index (κ1) is 13.3. The summed E-state index contributed by atoms with van der Waals surface area (Å²) in [7, 11) is 2.05. The zero-order chi connectivity index (χ0) is 13.0. The number of para-hydroxylation sites is 1. The first-order valence-corrected chi connectivity index (χ1v) is 6.49. The Kier molecular flexibility index (Phi) is 4.58. The van der Waals surface area contributed by atoms with E-state index in [4.69, 9.17) is 10.5 Å². The molecular formula is C14H22N2O2. The molecule has 0 bridgehead atoms. The number of benzene rings is 1. The molecule has 1 aromatic rings. The molecule has 0 heterocycles. The van der Waals surface area contributed by atoms with Gasteiger partial charge in [0, 0.05) is 24.7 Å². The molecule has 1 saturated carbocycles. The number of ether oxygens (including phenoxy) is 1. The smallest absolute Gasteiger partial charge is 0.123 e. The van der Waals surface area contributed by atoms with Gasteiger partial charge in [0.15, 0.2) is 0 Å². The van der Waals surface area contributed by atoms with Crippen molar-refractivity contribution in [1.29, 1.82) is 0 Å². The molecule has 4 nitrogen and oxygen atoms in total.